The summed E-state index contributed by atoms with van der Waals surface area (Å²) >= 11 is 0. The number of aromatic carboxylic acids is 1. The third-order valence-electron chi connectivity index (χ3n) is 3.85. The lowest BCUT2D eigenvalue weighted by molar-refractivity contribution is 0.0692. The van der Waals surface area contributed by atoms with E-state index in [0.29, 0.717) is 28.8 Å². The van der Waals surface area contributed by atoms with Gasteiger partial charge in [-0.2, -0.15) is 0 Å². The molecule has 2 aromatic rings. The average Bonchev–Trinajstić information content (AvgIpc) is 2.79. The van der Waals surface area contributed by atoms with E-state index in [1.807, 2.05) is 18.2 Å². The zero-order valence-electron chi connectivity index (χ0n) is 11.5. The fraction of sp³-hybridized carbons (Fsp3) is 0.400. The first kappa shape index (κ1) is 13.1. The van der Waals surface area contributed by atoms with Crippen LogP contribution in [-0.4, -0.2) is 54.1 Å². The lowest BCUT2D eigenvalue weighted by Gasteiger charge is -2.31. The second-order valence-corrected chi connectivity index (χ2v) is 5.28. The molecule has 5 heteroatoms. The van der Waals surface area contributed by atoms with Gasteiger partial charge >= 0.3 is 5.97 Å². The Labute approximate surface area is 117 Å². The van der Waals surface area contributed by atoms with Gasteiger partial charge in [-0.1, -0.05) is 18.2 Å². The molecule has 1 N–H and O–H groups in total. The largest absolute Gasteiger partial charge is 0.478 e. The summed E-state index contributed by atoms with van der Waals surface area (Å²) in [6.45, 7) is 4.44. The second-order valence-electron chi connectivity index (χ2n) is 5.28. The SMILES string of the molecule is CN1CCN(Cc2oc3ccccc3c2C(=O)O)CC1. The average molecular weight is 274 g/mol. The highest BCUT2D eigenvalue weighted by Gasteiger charge is 2.23. The van der Waals surface area contributed by atoms with E-state index in [2.05, 4.69) is 16.8 Å². The molecule has 1 aromatic carbocycles. The minimum absolute atomic E-state index is 0.305. The first-order valence-corrected chi connectivity index (χ1v) is 6.80. The number of hydrogen-bond donors (Lipinski definition) is 1. The molecule has 1 aliphatic rings. The summed E-state index contributed by atoms with van der Waals surface area (Å²) in [4.78, 5) is 16.0. The van der Waals surface area contributed by atoms with Crippen molar-refractivity contribution in [2.45, 2.75) is 6.54 Å². The van der Waals surface area contributed by atoms with Crippen LogP contribution < -0.4 is 0 Å². The molecule has 0 unspecified atom stereocenters. The topological polar surface area (TPSA) is 56.9 Å². The van der Waals surface area contributed by atoms with Crippen LogP contribution in [0.15, 0.2) is 28.7 Å². The van der Waals surface area contributed by atoms with Gasteiger partial charge in [-0.15, -0.1) is 0 Å². The van der Waals surface area contributed by atoms with Crippen LogP contribution in [0, 0.1) is 0 Å². The monoisotopic (exact) mass is 274 g/mol. The Kier molecular flexibility index (Phi) is 3.46. The number of benzene rings is 1. The summed E-state index contributed by atoms with van der Waals surface area (Å²) in [6, 6.07) is 7.31. The number of carboxylic acid groups (broad SMARTS) is 1. The van der Waals surface area contributed by atoms with Crippen molar-refractivity contribution < 1.29 is 14.3 Å². The van der Waals surface area contributed by atoms with Crippen molar-refractivity contribution in [3.63, 3.8) is 0 Å². The Morgan fingerprint density at radius 3 is 2.65 bits per heavy atom. The molecule has 1 aliphatic heterocycles. The highest BCUT2D eigenvalue weighted by atomic mass is 16.4. The molecule has 0 aliphatic carbocycles. The number of hydrogen-bond acceptors (Lipinski definition) is 4. The van der Waals surface area contributed by atoms with Gasteiger partial charge in [-0.05, 0) is 13.1 Å². The van der Waals surface area contributed by atoms with E-state index in [1.165, 1.54) is 0 Å². The molecule has 1 aromatic heterocycles. The van der Waals surface area contributed by atoms with Crippen molar-refractivity contribution in [3.05, 3.63) is 35.6 Å². The third kappa shape index (κ3) is 2.42. The van der Waals surface area contributed by atoms with E-state index in [1.54, 1.807) is 6.07 Å². The molecule has 20 heavy (non-hydrogen) atoms. The minimum atomic E-state index is -0.918. The number of para-hydroxylation sites is 1. The first-order chi connectivity index (χ1) is 9.65. The predicted molar refractivity (Wildman–Crippen MR) is 75.9 cm³/mol. The van der Waals surface area contributed by atoms with Gasteiger partial charge in [0.05, 0.1) is 6.54 Å². The summed E-state index contributed by atoms with van der Waals surface area (Å²) in [5, 5.41) is 10.1. The van der Waals surface area contributed by atoms with Crippen LogP contribution in [0.5, 0.6) is 0 Å². The highest BCUT2D eigenvalue weighted by molar-refractivity contribution is 6.03. The van der Waals surface area contributed by atoms with Crippen LogP contribution in [0.4, 0.5) is 0 Å². The molecule has 0 spiro atoms. The molecule has 0 saturated carbocycles. The molecular weight excluding hydrogens is 256 g/mol. The van der Waals surface area contributed by atoms with Gasteiger partial charge in [0.2, 0.25) is 0 Å². The molecule has 0 atom stereocenters. The number of nitrogens with zero attached hydrogens (tertiary/aromatic N) is 2. The molecule has 3 rings (SSSR count). The lowest BCUT2D eigenvalue weighted by Crippen LogP contribution is -2.44. The quantitative estimate of drug-likeness (QED) is 0.926. The summed E-state index contributed by atoms with van der Waals surface area (Å²) in [6.07, 6.45) is 0. The van der Waals surface area contributed by atoms with Crippen LogP contribution >= 0.6 is 0 Å². The second kappa shape index (κ2) is 5.26. The normalized spacial score (nSPS) is 17.6. The molecule has 1 fully saturated rings. The van der Waals surface area contributed by atoms with Crippen LogP contribution in [0.2, 0.25) is 0 Å². The van der Waals surface area contributed by atoms with Gasteiger partial charge in [0.1, 0.15) is 16.9 Å². The van der Waals surface area contributed by atoms with Crippen LogP contribution in [0.1, 0.15) is 16.1 Å². The van der Waals surface area contributed by atoms with E-state index in [-0.39, 0.29) is 0 Å². The fourth-order valence-electron chi connectivity index (χ4n) is 2.65. The van der Waals surface area contributed by atoms with Gasteiger partial charge < -0.3 is 14.4 Å². The predicted octanol–water partition coefficient (Wildman–Crippen LogP) is 1.88. The first-order valence-electron chi connectivity index (χ1n) is 6.80. The number of furan rings is 1. The summed E-state index contributed by atoms with van der Waals surface area (Å²) < 4.78 is 5.75. The number of piperazine rings is 1. The van der Waals surface area contributed by atoms with E-state index >= 15 is 0 Å². The molecule has 2 heterocycles. The molecule has 0 amide bonds. The molecule has 106 valence electrons. The number of carboxylic acids is 1. The third-order valence-corrected chi connectivity index (χ3v) is 3.85. The fourth-order valence-corrected chi connectivity index (χ4v) is 2.65. The zero-order chi connectivity index (χ0) is 14.1. The van der Waals surface area contributed by atoms with Crippen LogP contribution in [-0.2, 0) is 6.54 Å². The molecule has 0 radical (unpaired) electrons. The van der Waals surface area contributed by atoms with Gasteiger partial charge in [0.15, 0.2) is 0 Å². The maximum atomic E-state index is 11.5. The van der Waals surface area contributed by atoms with Crippen LogP contribution in [0.25, 0.3) is 11.0 Å². The van der Waals surface area contributed by atoms with Gasteiger partial charge in [0.25, 0.3) is 0 Å². The van der Waals surface area contributed by atoms with Crippen LogP contribution in [0.3, 0.4) is 0 Å². The zero-order valence-corrected chi connectivity index (χ0v) is 11.5. The summed E-state index contributed by atoms with van der Waals surface area (Å²) in [5.41, 5.74) is 0.952. The Balaban J connectivity index is 1.90. The van der Waals surface area contributed by atoms with E-state index in [0.717, 1.165) is 26.2 Å². The molecule has 5 nitrogen and oxygen atoms in total. The Morgan fingerprint density at radius 1 is 1.25 bits per heavy atom. The van der Waals surface area contributed by atoms with Gasteiger partial charge in [0, 0.05) is 31.6 Å². The minimum Gasteiger partial charge on any atom is -0.478 e. The van der Waals surface area contributed by atoms with Crippen molar-refractivity contribution >= 4 is 16.9 Å². The van der Waals surface area contributed by atoms with E-state index in [9.17, 15) is 9.90 Å². The summed E-state index contributed by atoms with van der Waals surface area (Å²) in [5.74, 6) is -0.359. The number of fused-ring (bicyclic) bond motifs is 1. The molecule has 1 saturated heterocycles. The molecule has 0 bridgehead atoms. The van der Waals surface area contributed by atoms with E-state index < -0.39 is 5.97 Å². The van der Waals surface area contributed by atoms with Crippen molar-refractivity contribution in [2.75, 3.05) is 33.2 Å². The van der Waals surface area contributed by atoms with Gasteiger partial charge in [-0.3, -0.25) is 4.90 Å². The van der Waals surface area contributed by atoms with Crippen molar-refractivity contribution in [3.8, 4) is 0 Å². The smallest absolute Gasteiger partial charge is 0.339 e. The van der Waals surface area contributed by atoms with Crippen molar-refractivity contribution in [1.29, 1.82) is 0 Å². The lowest BCUT2D eigenvalue weighted by atomic mass is 10.1. The van der Waals surface area contributed by atoms with Gasteiger partial charge in [-0.25, -0.2) is 4.79 Å². The highest BCUT2D eigenvalue weighted by Crippen LogP contribution is 2.27. The standard InChI is InChI=1S/C15H18N2O3/c1-16-6-8-17(9-7-16)10-13-14(15(18)19)11-4-2-3-5-12(11)20-13/h2-5H,6-10H2,1H3,(H,18,19). The van der Waals surface area contributed by atoms with Crippen molar-refractivity contribution in [2.24, 2.45) is 0 Å². The molecular formula is C15H18N2O3. The van der Waals surface area contributed by atoms with Crippen molar-refractivity contribution in [1.82, 2.24) is 9.80 Å². The van der Waals surface area contributed by atoms with E-state index in [4.69, 9.17) is 4.42 Å². The number of rotatable bonds is 3. The number of carbonyl (C=O) groups is 1. The Hall–Kier alpha value is -1.85. The summed E-state index contributed by atoms with van der Waals surface area (Å²) in [7, 11) is 2.10. The Morgan fingerprint density at radius 2 is 1.95 bits per heavy atom. The maximum absolute atomic E-state index is 11.5. The maximum Gasteiger partial charge on any atom is 0.339 e. The number of likely N-dealkylation sites (N-methyl/N-ethyl adjacent to an activating group) is 1. The Bertz CT molecular complexity index is 627.